The molecule has 0 spiro atoms. The third-order valence-electron chi connectivity index (χ3n) is 3.39. The van der Waals surface area contributed by atoms with E-state index in [0.29, 0.717) is 18.2 Å². The van der Waals surface area contributed by atoms with Crippen molar-refractivity contribution >= 4 is 23.4 Å². The molecule has 1 fully saturated rings. The van der Waals surface area contributed by atoms with E-state index in [1.165, 1.54) is 12.1 Å². The maximum Gasteiger partial charge on any atom is 0.356 e. The highest BCUT2D eigenvalue weighted by atomic mass is 35.5. The molecule has 0 amide bonds. The molecule has 0 aliphatic heterocycles. The molecule has 1 aromatic carbocycles. The van der Waals surface area contributed by atoms with Crippen LogP contribution in [0.25, 0.3) is 0 Å². The van der Waals surface area contributed by atoms with Crippen LogP contribution in [0.15, 0.2) is 24.3 Å². The average molecular weight is 322 g/mol. The molecule has 3 rings (SSSR count). The van der Waals surface area contributed by atoms with Gasteiger partial charge in [-0.25, -0.2) is 19.2 Å². The fourth-order valence-corrected chi connectivity index (χ4v) is 2.27. The lowest BCUT2D eigenvalue weighted by atomic mass is 10.2. The van der Waals surface area contributed by atoms with Gasteiger partial charge in [-0.05, 0) is 30.5 Å². The summed E-state index contributed by atoms with van der Waals surface area (Å²) in [7, 11) is 0. The number of carboxylic acid groups (broad SMARTS) is 1. The van der Waals surface area contributed by atoms with Crippen LogP contribution in [0.1, 0.15) is 40.6 Å². The molecule has 0 saturated heterocycles. The van der Waals surface area contributed by atoms with Crippen LogP contribution in [0.2, 0.25) is 5.02 Å². The number of anilines is 1. The number of nitrogens with one attached hydrogen (secondary N) is 1. The molecule has 22 heavy (non-hydrogen) atoms. The number of benzene rings is 1. The van der Waals surface area contributed by atoms with Gasteiger partial charge in [-0.2, -0.15) is 0 Å². The number of carboxylic acids is 1. The minimum Gasteiger partial charge on any atom is -0.476 e. The highest BCUT2D eigenvalue weighted by molar-refractivity contribution is 6.35. The van der Waals surface area contributed by atoms with Gasteiger partial charge in [0.25, 0.3) is 0 Å². The predicted octanol–water partition coefficient (Wildman–Crippen LogP) is 3.46. The van der Waals surface area contributed by atoms with E-state index in [2.05, 4.69) is 15.3 Å². The van der Waals surface area contributed by atoms with Gasteiger partial charge in [0.1, 0.15) is 22.5 Å². The highest BCUT2D eigenvalue weighted by Gasteiger charge is 2.29. The minimum absolute atomic E-state index is 0.0148. The lowest BCUT2D eigenvalue weighted by Gasteiger charge is -2.11. The zero-order chi connectivity index (χ0) is 15.7. The Labute approximate surface area is 131 Å². The summed E-state index contributed by atoms with van der Waals surface area (Å²) in [5.41, 5.74) is 0.640. The van der Waals surface area contributed by atoms with Crippen LogP contribution in [0, 0.1) is 5.82 Å². The zero-order valence-corrected chi connectivity index (χ0v) is 12.3. The molecule has 1 aliphatic rings. The van der Waals surface area contributed by atoms with Crippen molar-refractivity contribution in [2.45, 2.75) is 25.3 Å². The summed E-state index contributed by atoms with van der Waals surface area (Å²) in [6.45, 7) is 0.361. The monoisotopic (exact) mass is 321 g/mol. The number of aromatic carboxylic acids is 1. The van der Waals surface area contributed by atoms with Crippen LogP contribution in [0.3, 0.4) is 0 Å². The molecule has 2 aromatic rings. The van der Waals surface area contributed by atoms with Crippen molar-refractivity contribution in [2.75, 3.05) is 5.32 Å². The Morgan fingerprint density at radius 1 is 1.32 bits per heavy atom. The van der Waals surface area contributed by atoms with E-state index in [1.54, 1.807) is 12.1 Å². The Morgan fingerprint density at radius 2 is 2.00 bits per heavy atom. The molecule has 5 nitrogen and oxygen atoms in total. The van der Waals surface area contributed by atoms with Crippen LogP contribution < -0.4 is 5.32 Å². The second-order valence-corrected chi connectivity index (χ2v) is 5.53. The van der Waals surface area contributed by atoms with Crippen molar-refractivity contribution in [3.8, 4) is 0 Å². The van der Waals surface area contributed by atoms with Crippen molar-refractivity contribution in [1.82, 2.24) is 9.97 Å². The molecule has 114 valence electrons. The molecule has 0 unspecified atom stereocenters. The lowest BCUT2D eigenvalue weighted by molar-refractivity contribution is 0.0690. The molecule has 7 heteroatoms. The maximum atomic E-state index is 12.9. The van der Waals surface area contributed by atoms with Gasteiger partial charge in [-0.3, -0.25) is 0 Å². The van der Waals surface area contributed by atoms with Gasteiger partial charge < -0.3 is 10.4 Å². The van der Waals surface area contributed by atoms with Crippen LogP contribution >= 0.6 is 11.6 Å². The summed E-state index contributed by atoms with van der Waals surface area (Å²) < 4.78 is 12.9. The summed E-state index contributed by atoms with van der Waals surface area (Å²) in [6.07, 6.45) is 1.91. The van der Waals surface area contributed by atoms with Crippen LogP contribution in [-0.4, -0.2) is 21.0 Å². The van der Waals surface area contributed by atoms with Crippen molar-refractivity contribution < 1.29 is 14.3 Å². The van der Waals surface area contributed by atoms with Gasteiger partial charge in [-0.15, -0.1) is 0 Å². The third-order valence-corrected chi connectivity index (χ3v) is 3.74. The summed E-state index contributed by atoms with van der Waals surface area (Å²) >= 11 is 6.06. The maximum absolute atomic E-state index is 12.9. The first-order valence-corrected chi connectivity index (χ1v) is 7.21. The molecule has 0 atom stereocenters. The van der Waals surface area contributed by atoms with E-state index in [0.717, 1.165) is 18.4 Å². The molecule has 0 bridgehead atoms. The van der Waals surface area contributed by atoms with Gasteiger partial charge in [0.2, 0.25) is 0 Å². The van der Waals surface area contributed by atoms with Crippen molar-refractivity contribution in [3.63, 3.8) is 0 Å². The van der Waals surface area contributed by atoms with E-state index in [4.69, 9.17) is 11.6 Å². The predicted molar refractivity (Wildman–Crippen MR) is 79.7 cm³/mol. The molecule has 1 aromatic heterocycles. The lowest BCUT2D eigenvalue weighted by Crippen LogP contribution is -2.11. The topological polar surface area (TPSA) is 75.1 Å². The smallest absolute Gasteiger partial charge is 0.356 e. The molecule has 1 heterocycles. The SMILES string of the molecule is O=C(O)c1nc(C2CC2)nc(NCc2ccc(F)cc2)c1Cl. The summed E-state index contributed by atoms with van der Waals surface area (Å²) in [5.74, 6) is -0.488. The summed E-state index contributed by atoms with van der Waals surface area (Å²) in [4.78, 5) is 19.6. The fraction of sp³-hybridized carbons (Fsp3) is 0.267. The van der Waals surface area contributed by atoms with Crippen molar-refractivity contribution in [3.05, 3.63) is 52.2 Å². The summed E-state index contributed by atoms with van der Waals surface area (Å²) in [5, 5.41) is 12.2. The van der Waals surface area contributed by atoms with E-state index >= 15 is 0 Å². The van der Waals surface area contributed by atoms with Gasteiger partial charge in [0.05, 0.1) is 0 Å². The highest BCUT2D eigenvalue weighted by Crippen LogP contribution is 2.39. The minimum atomic E-state index is -1.18. The Bertz CT molecular complexity index is 717. The first-order valence-electron chi connectivity index (χ1n) is 6.83. The first-order chi connectivity index (χ1) is 10.5. The Hall–Kier alpha value is -2.21. The number of halogens is 2. The quantitative estimate of drug-likeness (QED) is 0.882. The fourth-order valence-electron chi connectivity index (χ4n) is 2.04. The van der Waals surface area contributed by atoms with Crippen LogP contribution in [0.4, 0.5) is 10.2 Å². The van der Waals surface area contributed by atoms with Gasteiger partial charge >= 0.3 is 5.97 Å². The Morgan fingerprint density at radius 3 is 2.59 bits per heavy atom. The number of hydrogen-bond donors (Lipinski definition) is 2. The van der Waals surface area contributed by atoms with E-state index in [9.17, 15) is 14.3 Å². The van der Waals surface area contributed by atoms with E-state index in [-0.39, 0.29) is 22.5 Å². The standard InChI is InChI=1S/C15H13ClFN3O2/c16-11-12(15(21)22)19-13(9-3-4-9)20-14(11)18-7-8-1-5-10(17)6-2-8/h1-2,5-6,9H,3-4,7H2,(H,21,22)(H,18,19,20). The zero-order valence-electron chi connectivity index (χ0n) is 11.5. The van der Waals surface area contributed by atoms with Gasteiger partial charge in [0.15, 0.2) is 5.69 Å². The first kappa shape index (κ1) is 14.7. The molecular weight excluding hydrogens is 309 g/mol. The average Bonchev–Trinajstić information content (AvgIpc) is 3.32. The molecule has 2 N–H and O–H groups in total. The Balaban J connectivity index is 1.85. The second-order valence-electron chi connectivity index (χ2n) is 5.15. The molecule has 1 aliphatic carbocycles. The van der Waals surface area contributed by atoms with Crippen molar-refractivity contribution in [2.24, 2.45) is 0 Å². The van der Waals surface area contributed by atoms with E-state index in [1.807, 2.05) is 0 Å². The number of carbonyl (C=O) groups is 1. The molecule has 0 radical (unpaired) electrons. The van der Waals surface area contributed by atoms with Crippen LogP contribution in [0.5, 0.6) is 0 Å². The molecule has 1 saturated carbocycles. The second kappa shape index (κ2) is 5.88. The third kappa shape index (κ3) is 3.17. The van der Waals surface area contributed by atoms with Crippen molar-refractivity contribution in [1.29, 1.82) is 0 Å². The largest absolute Gasteiger partial charge is 0.476 e. The normalized spacial score (nSPS) is 13.9. The van der Waals surface area contributed by atoms with E-state index < -0.39 is 5.97 Å². The Kier molecular flexibility index (Phi) is 3.94. The van der Waals surface area contributed by atoms with Crippen LogP contribution in [-0.2, 0) is 6.54 Å². The van der Waals surface area contributed by atoms with Gasteiger partial charge in [-0.1, -0.05) is 23.7 Å². The van der Waals surface area contributed by atoms with Gasteiger partial charge in [0, 0.05) is 12.5 Å². The number of aromatic nitrogens is 2. The number of nitrogens with zero attached hydrogens (tertiary/aromatic N) is 2. The summed E-state index contributed by atoms with van der Waals surface area (Å²) in [6, 6.07) is 5.99. The number of hydrogen-bond acceptors (Lipinski definition) is 4. The number of rotatable bonds is 5. The molecular formula is C15H13ClFN3O2.